The summed E-state index contributed by atoms with van der Waals surface area (Å²) in [6, 6.07) is 23.0. The first-order valence-electron chi connectivity index (χ1n) is 7.27. The van der Waals surface area contributed by atoms with Crippen LogP contribution in [0.15, 0.2) is 82.6 Å². The van der Waals surface area contributed by atoms with Gasteiger partial charge < -0.3 is 0 Å². The molecule has 0 saturated carbocycles. The number of carbonyl (C=O) groups excluding carboxylic acids is 1. The number of halogens is 1. The summed E-state index contributed by atoms with van der Waals surface area (Å²) in [7, 11) is 0. The van der Waals surface area contributed by atoms with E-state index in [4.69, 9.17) is 11.6 Å². The highest BCUT2D eigenvalue weighted by atomic mass is 35.5. The third-order valence-corrected chi connectivity index (χ3v) is 4.99. The van der Waals surface area contributed by atoms with Gasteiger partial charge in [-0.25, -0.2) is 0 Å². The number of carbonyl (C=O) groups is 1. The fourth-order valence-electron chi connectivity index (χ4n) is 2.21. The van der Waals surface area contributed by atoms with Crippen molar-refractivity contribution in [3.8, 4) is 0 Å². The zero-order chi connectivity index (χ0) is 16.2. The largest absolute Gasteiger partial charge is 0.289 e. The Balaban J connectivity index is 1.83. The monoisotopic (exact) mass is 338 g/mol. The molecule has 0 heterocycles. The number of aryl methyl sites for hydroxylation is 1. The van der Waals surface area contributed by atoms with Crippen LogP contribution in [0.2, 0.25) is 5.02 Å². The molecule has 0 saturated heterocycles. The lowest BCUT2D eigenvalue weighted by Crippen LogP contribution is -2.00. The van der Waals surface area contributed by atoms with Crippen LogP contribution in [0.25, 0.3) is 0 Å². The van der Waals surface area contributed by atoms with Crippen molar-refractivity contribution in [2.24, 2.45) is 0 Å². The summed E-state index contributed by atoms with van der Waals surface area (Å²) in [6.45, 7) is 2.06. The van der Waals surface area contributed by atoms with Gasteiger partial charge in [-0.3, -0.25) is 4.79 Å². The van der Waals surface area contributed by atoms with E-state index >= 15 is 0 Å². The maximum atomic E-state index is 12.4. The van der Waals surface area contributed by atoms with Gasteiger partial charge in [0.15, 0.2) is 5.78 Å². The molecule has 3 rings (SSSR count). The molecular weight excluding hydrogens is 324 g/mol. The fraction of sp³-hybridized carbons (Fsp3) is 0.0500. The van der Waals surface area contributed by atoms with Gasteiger partial charge in [0.1, 0.15) is 0 Å². The molecule has 0 unspecified atom stereocenters. The van der Waals surface area contributed by atoms with Gasteiger partial charge >= 0.3 is 0 Å². The third kappa shape index (κ3) is 3.84. The Hall–Kier alpha value is -2.03. The minimum Gasteiger partial charge on any atom is -0.289 e. The second-order valence-corrected chi connectivity index (χ2v) is 6.78. The molecule has 3 heteroatoms. The Labute approximate surface area is 145 Å². The van der Waals surface area contributed by atoms with Crippen LogP contribution in [0, 0.1) is 6.92 Å². The van der Waals surface area contributed by atoms with Crippen LogP contribution in [-0.2, 0) is 0 Å². The Morgan fingerprint density at radius 3 is 2.22 bits per heavy atom. The van der Waals surface area contributed by atoms with Gasteiger partial charge in [0.25, 0.3) is 0 Å². The first kappa shape index (κ1) is 15.9. The summed E-state index contributed by atoms with van der Waals surface area (Å²) < 4.78 is 0. The van der Waals surface area contributed by atoms with Crippen LogP contribution in [0.5, 0.6) is 0 Å². The van der Waals surface area contributed by atoms with Crippen molar-refractivity contribution >= 4 is 29.1 Å². The van der Waals surface area contributed by atoms with Gasteiger partial charge in [-0.2, -0.15) is 0 Å². The molecule has 23 heavy (non-hydrogen) atoms. The highest BCUT2D eigenvalue weighted by Gasteiger charge is 2.11. The molecule has 3 aromatic rings. The molecule has 0 aromatic heterocycles. The van der Waals surface area contributed by atoms with Crippen LogP contribution < -0.4 is 0 Å². The van der Waals surface area contributed by atoms with E-state index in [9.17, 15) is 4.79 Å². The summed E-state index contributed by atoms with van der Waals surface area (Å²) in [5.41, 5.74) is 2.50. The van der Waals surface area contributed by atoms with Crippen molar-refractivity contribution < 1.29 is 4.79 Å². The molecule has 0 N–H and O–H groups in total. The fourth-order valence-corrected chi connectivity index (χ4v) is 3.33. The summed E-state index contributed by atoms with van der Waals surface area (Å²) in [5.74, 6) is -0.0145. The van der Waals surface area contributed by atoms with Crippen LogP contribution >= 0.6 is 23.4 Å². The number of rotatable bonds is 4. The smallest absolute Gasteiger partial charge is 0.193 e. The van der Waals surface area contributed by atoms with Gasteiger partial charge in [0.05, 0.1) is 5.02 Å². The van der Waals surface area contributed by atoms with E-state index < -0.39 is 0 Å². The Morgan fingerprint density at radius 2 is 1.57 bits per heavy atom. The minimum atomic E-state index is -0.0145. The standard InChI is InChI=1S/C20H15ClOS/c1-14-7-10-17(11-8-14)23-19-12-9-16(13-18(19)21)20(22)15-5-3-2-4-6-15/h2-13H,1H3. The minimum absolute atomic E-state index is 0.0145. The third-order valence-electron chi connectivity index (χ3n) is 3.48. The second-order valence-electron chi connectivity index (χ2n) is 5.26. The topological polar surface area (TPSA) is 17.1 Å². The summed E-state index contributed by atoms with van der Waals surface area (Å²) >= 11 is 7.96. The number of benzene rings is 3. The number of hydrogen-bond acceptors (Lipinski definition) is 2. The van der Waals surface area contributed by atoms with Crippen LogP contribution in [0.1, 0.15) is 21.5 Å². The van der Waals surface area contributed by atoms with Crippen molar-refractivity contribution in [3.63, 3.8) is 0 Å². The predicted molar refractivity (Wildman–Crippen MR) is 96.6 cm³/mol. The summed E-state index contributed by atoms with van der Waals surface area (Å²) in [4.78, 5) is 14.5. The SMILES string of the molecule is Cc1ccc(Sc2ccc(C(=O)c3ccccc3)cc2Cl)cc1. The Morgan fingerprint density at radius 1 is 0.870 bits per heavy atom. The van der Waals surface area contributed by atoms with E-state index in [1.165, 1.54) is 5.56 Å². The molecule has 3 aromatic carbocycles. The molecule has 0 aliphatic heterocycles. The van der Waals surface area contributed by atoms with E-state index in [0.717, 1.165) is 9.79 Å². The number of hydrogen-bond donors (Lipinski definition) is 0. The average molecular weight is 339 g/mol. The molecule has 0 fully saturated rings. The molecule has 0 aliphatic carbocycles. The zero-order valence-corrected chi connectivity index (χ0v) is 14.2. The molecule has 0 radical (unpaired) electrons. The van der Waals surface area contributed by atoms with Crippen molar-refractivity contribution in [2.75, 3.05) is 0 Å². The summed E-state index contributed by atoms with van der Waals surface area (Å²) in [5, 5.41) is 0.595. The lowest BCUT2D eigenvalue weighted by atomic mass is 10.0. The van der Waals surface area contributed by atoms with Crippen molar-refractivity contribution in [1.82, 2.24) is 0 Å². The van der Waals surface area contributed by atoms with Gasteiger partial charge in [0.2, 0.25) is 0 Å². The van der Waals surface area contributed by atoms with Crippen LogP contribution in [-0.4, -0.2) is 5.78 Å². The van der Waals surface area contributed by atoms with E-state index in [2.05, 4.69) is 31.2 Å². The predicted octanol–water partition coefficient (Wildman–Crippen LogP) is 6.03. The highest BCUT2D eigenvalue weighted by Crippen LogP contribution is 2.34. The van der Waals surface area contributed by atoms with Crippen LogP contribution in [0.4, 0.5) is 0 Å². The summed E-state index contributed by atoms with van der Waals surface area (Å²) in [6.07, 6.45) is 0. The molecule has 0 atom stereocenters. The zero-order valence-electron chi connectivity index (χ0n) is 12.6. The Bertz CT molecular complexity index is 826. The number of ketones is 1. The van der Waals surface area contributed by atoms with Gasteiger partial charge in [-0.05, 0) is 37.3 Å². The van der Waals surface area contributed by atoms with Crippen molar-refractivity contribution in [2.45, 2.75) is 16.7 Å². The first-order valence-corrected chi connectivity index (χ1v) is 8.47. The first-order chi connectivity index (χ1) is 11.1. The molecule has 0 spiro atoms. The molecule has 0 bridgehead atoms. The van der Waals surface area contributed by atoms with E-state index in [1.807, 2.05) is 42.5 Å². The van der Waals surface area contributed by atoms with Crippen molar-refractivity contribution in [3.05, 3.63) is 94.5 Å². The van der Waals surface area contributed by atoms with Crippen molar-refractivity contribution in [1.29, 1.82) is 0 Å². The van der Waals surface area contributed by atoms with Gasteiger partial charge in [-0.1, -0.05) is 71.4 Å². The molecule has 114 valence electrons. The second kappa shape index (κ2) is 7.03. The molecule has 0 aliphatic rings. The molecule has 0 amide bonds. The molecular formula is C20H15ClOS. The van der Waals surface area contributed by atoms with Gasteiger partial charge in [-0.15, -0.1) is 0 Å². The molecule has 1 nitrogen and oxygen atoms in total. The van der Waals surface area contributed by atoms with Crippen LogP contribution in [0.3, 0.4) is 0 Å². The Kier molecular flexibility index (Phi) is 4.85. The quantitative estimate of drug-likeness (QED) is 0.540. The van der Waals surface area contributed by atoms with Gasteiger partial charge in [0, 0.05) is 20.9 Å². The van der Waals surface area contributed by atoms with E-state index in [1.54, 1.807) is 17.8 Å². The maximum Gasteiger partial charge on any atom is 0.193 e. The lowest BCUT2D eigenvalue weighted by molar-refractivity contribution is 0.103. The highest BCUT2D eigenvalue weighted by molar-refractivity contribution is 7.99. The van der Waals surface area contributed by atoms with E-state index in [0.29, 0.717) is 16.1 Å². The maximum absolute atomic E-state index is 12.4. The van der Waals surface area contributed by atoms with E-state index in [-0.39, 0.29) is 5.78 Å². The lowest BCUT2D eigenvalue weighted by Gasteiger charge is -2.07. The average Bonchev–Trinajstić information content (AvgIpc) is 2.59. The normalized spacial score (nSPS) is 10.5.